The summed E-state index contributed by atoms with van der Waals surface area (Å²) in [6.07, 6.45) is 2.57. The lowest BCUT2D eigenvalue weighted by molar-refractivity contribution is 0.0694. The van der Waals surface area contributed by atoms with E-state index in [1.54, 1.807) is 12.3 Å². The SMILES string of the molecule is O=C(c1sccc1Cl)N1CCc2c([nH]c3ccccc23)[C@@H]1c1ccccn1. The van der Waals surface area contributed by atoms with Gasteiger partial charge in [0.25, 0.3) is 5.91 Å². The van der Waals surface area contributed by atoms with Gasteiger partial charge in [0.1, 0.15) is 10.9 Å². The van der Waals surface area contributed by atoms with Crippen molar-refractivity contribution >= 4 is 39.7 Å². The summed E-state index contributed by atoms with van der Waals surface area (Å²) < 4.78 is 0. The highest BCUT2D eigenvalue weighted by molar-refractivity contribution is 7.12. The van der Waals surface area contributed by atoms with Crippen molar-refractivity contribution in [2.24, 2.45) is 0 Å². The largest absolute Gasteiger partial charge is 0.356 e. The molecule has 0 saturated carbocycles. The Hall–Kier alpha value is -2.63. The van der Waals surface area contributed by atoms with Crippen LogP contribution in [0.15, 0.2) is 60.1 Å². The van der Waals surface area contributed by atoms with E-state index in [1.807, 2.05) is 34.5 Å². The fraction of sp³-hybridized carbons (Fsp3) is 0.143. The van der Waals surface area contributed by atoms with Crippen molar-refractivity contribution in [2.75, 3.05) is 6.54 Å². The highest BCUT2D eigenvalue weighted by atomic mass is 35.5. The predicted molar refractivity (Wildman–Crippen MR) is 108 cm³/mol. The number of para-hydroxylation sites is 1. The Morgan fingerprint density at radius 1 is 1.19 bits per heavy atom. The van der Waals surface area contributed by atoms with E-state index in [2.05, 4.69) is 28.2 Å². The highest BCUT2D eigenvalue weighted by Gasteiger charge is 2.36. The van der Waals surface area contributed by atoms with Crippen LogP contribution in [0, 0.1) is 0 Å². The first-order chi connectivity index (χ1) is 13.2. The van der Waals surface area contributed by atoms with E-state index in [4.69, 9.17) is 11.6 Å². The number of benzene rings is 1. The number of halogens is 1. The Kier molecular flexibility index (Phi) is 3.99. The lowest BCUT2D eigenvalue weighted by Gasteiger charge is -2.35. The molecule has 4 aromatic rings. The average molecular weight is 394 g/mol. The van der Waals surface area contributed by atoms with Gasteiger partial charge >= 0.3 is 0 Å². The first kappa shape index (κ1) is 16.5. The summed E-state index contributed by atoms with van der Waals surface area (Å²) in [4.78, 5) is 23.9. The van der Waals surface area contributed by atoms with E-state index in [0.717, 1.165) is 23.3 Å². The highest BCUT2D eigenvalue weighted by Crippen LogP contribution is 2.39. The topological polar surface area (TPSA) is 49.0 Å². The molecule has 0 aliphatic carbocycles. The third kappa shape index (κ3) is 2.66. The van der Waals surface area contributed by atoms with Gasteiger partial charge in [-0.25, -0.2) is 0 Å². The zero-order chi connectivity index (χ0) is 18.4. The maximum absolute atomic E-state index is 13.3. The second-order valence-corrected chi connectivity index (χ2v) is 7.89. The lowest BCUT2D eigenvalue weighted by Crippen LogP contribution is -2.40. The van der Waals surface area contributed by atoms with Gasteiger partial charge in [0, 0.05) is 29.3 Å². The average Bonchev–Trinajstić information content (AvgIpc) is 3.30. The van der Waals surface area contributed by atoms with Crippen molar-refractivity contribution in [3.05, 3.63) is 87.0 Å². The Morgan fingerprint density at radius 3 is 2.81 bits per heavy atom. The number of H-pyrrole nitrogens is 1. The van der Waals surface area contributed by atoms with E-state index in [9.17, 15) is 4.79 Å². The summed E-state index contributed by atoms with van der Waals surface area (Å²) in [7, 11) is 0. The standard InChI is InChI=1S/C21H16ClN3OS/c22-15-9-12-27-20(15)21(26)25-11-8-14-13-5-1-2-6-16(13)24-18(14)19(25)17-7-3-4-10-23-17/h1-7,9-10,12,19,24H,8,11H2/t19-/m0/s1. The van der Waals surface area contributed by atoms with Crippen LogP contribution in [0.25, 0.3) is 10.9 Å². The molecule has 1 aliphatic rings. The first-order valence-corrected chi connectivity index (χ1v) is 10.0. The Morgan fingerprint density at radius 2 is 2.04 bits per heavy atom. The number of nitrogens with zero attached hydrogens (tertiary/aromatic N) is 2. The molecule has 5 rings (SSSR count). The van der Waals surface area contributed by atoms with Crippen LogP contribution in [-0.2, 0) is 6.42 Å². The van der Waals surface area contributed by atoms with Crippen LogP contribution < -0.4 is 0 Å². The van der Waals surface area contributed by atoms with Crippen LogP contribution in [0.2, 0.25) is 5.02 Å². The van der Waals surface area contributed by atoms with Crippen LogP contribution in [0.3, 0.4) is 0 Å². The molecule has 0 bridgehead atoms. The molecule has 1 amide bonds. The molecule has 134 valence electrons. The zero-order valence-corrected chi connectivity index (χ0v) is 15.9. The third-order valence-electron chi connectivity index (χ3n) is 5.07. The molecule has 4 nitrogen and oxygen atoms in total. The minimum absolute atomic E-state index is 0.0463. The van der Waals surface area contributed by atoms with Crippen molar-refractivity contribution in [3.63, 3.8) is 0 Å². The fourth-order valence-electron chi connectivity index (χ4n) is 3.88. The van der Waals surface area contributed by atoms with Crippen LogP contribution in [-0.4, -0.2) is 27.3 Å². The number of thiophene rings is 1. The molecule has 1 aromatic carbocycles. The molecule has 1 aliphatic heterocycles. The van der Waals surface area contributed by atoms with E-state index in [1.165, 1.54) is 22.3 Å². The van der Waals surface area contributed by atoms with Gasteiger partial charge in [0.2, 0.25) is 0 Å². The van der Waals surface area contributed by atoms with Crippen molar-refractivity contribution in [2.45, 2.75) is 12.5 Å². The first-order valence-electron chi connectivity index (χ1n) is 8.78. The van der Waals surface area contributed by atoms with Gasteiger partial charge < -0.3 is 9.88 Å². The molecule has 1 N–H and O–H groups in total. The maximum atomic E-state index is 13.3. The number of amides is 1. The number of carbonyl (C=O) groups excluding carboxylic acids is 1. The quantitative estimate of drug-likeness (QED) is 0.517. The molecule has 0 spiro atoms. The van der Waals surface area contributed by atoms with Gasteiger partial charge in [-0.15, -0.1) is 11.3 Å². The number of hydrogen-bond donors (Lipinski definition) is 1. The summed E-state index contributed by atoms with van der Waals surface area (Å²) >= 11 is 7.63. The predicted octanol–water partition coefficient (Wildman–Crippen LogP) is 5.07. The van der Waals surface area contributed by atoms with E-state index >= 15 is 0 Å². The third-order valence-corrected chi connectivity index (χ3v) is 6.40. The van der Waals surface area contributed by atoms with E-state index in [0.29, 0.717) is 16.4 Å². The summed E-state index contributed by atoms with van der Waals surface area (Å²) in [5.41, 5.74) is 4.25. The summed E-state index contributed by atoms with van der Waals surface area (Å²) in [6, 6.07) is 15.6. The van der Waals surface area contributed by atoms with Crippen molar-refractivity contribution in [1.29, 1.82) is 0 Å². The Balaban J connectivity index is 1.68. The van der Waals surface area contributed by atoms with Crippen LogP contribution in [0.5, 0.6) is 0 Å². The molecule has 6 heteroatoms. The van der Waals surface area contributed by atoms with E-state index in [-0.39, 0.29) is 11.9 Å². The number of aromatic amines is 1. The van der Waals surface area contributed by atoms with Crippen molar-refractivity contribution in [1.82, 2.24) is 14.9 Å². The minimum Gasteiger partial charge on any atom is -0.356 e. The van der Waals surface area contributed by atoms with Gasteiger partial charge in [0.15, 0.2) is 0 Å². The number of carbonyl (C=O) groups is 1. The Bertz CT molecular complexity index is 1130. The molecule has 1 atom stereocenters. The van der Waals surface area contributed by atoms with Gasteiger partial charge in [-0.2, -0.15) is 0 Å². The molecule has 4 heterocycles. The molecule has 0 unspecified atom stereocenters. The molecule has 0 saturated heterocycles. The van der Waals surface area contributed by atoms with E-state index < -0.39 is 0 Å². The van der Waals surface area contributed by atoms with Crippen molar-refractivity contribution in [3.8, 4) is 0 Å². The number of fused-ring (bicyclic) bond motifs is 3. The number of rotatable bonds is 2. The molecule has 3 aromatic heterocycles. The van der Waals surface area contributed by atoms with Crippen LogP contribution in [0.1, 0.15) is 32.7 Å². The lowest BCUT2D eigenvalue weighted by atomic mass is 9.94. The van der Waals surface area contributed by atoms with Crippen LogP contribution in [0.4, 0.5) is 0 Å². The molecule has 0 fully saturated rings. The summed E-state index contributed by atoms with van der Waals surface area (Å²) in [6.45, 7) is 0.628. The fourth-order valence-corrected chi connectivity index (χ4v) is 4.97. The molecular formula is C21H16ClN3OS. The van der Waals surface area contributed by atoms with Gasteiger partial charge in [-0.05, 0) is 41.6 Å². The minimum atomic E-state index is -0.256. The Labute approximate surface area is 165 Å². The molecular weight excluding hydrogens is 378 g/mol. The van der Waals surface area contributed by atoms with Crippen LogP contribution >= 0.6 is 22.9 Å². The van der Waals surface area contributed by atoms with Gasteiger partial charge in [-0.3, -0.25) is 9.78 Å². The summed E-state index contributed by atoms with van der Waals surface area (Å²) in [5.74, 6) is -0.0463. The zero-order valence-electron chi connectivity index (χ0n) is 14.4. The van der Waals surface area contributed by atoms with Crippen molar-refractivity contribution < 1.29 is 4.79 Å². The smallest absolute Gasteiger partial charge is 0.266 e. The molecule has 0 radical (unpaired) electrons. The number of nitrogens with one attached hydrogen (secondary N) is 1. The monoisotopic (exact) mass is 393 g/mol. The van der Waals surface area contributed by atoms with Gasteiger partial charge in [0.05, 0.1) is 10.7 Å². The summed E-state index contributed by atoms with van der Waals surface area (Å²) in [5, 5.41) is 3.57. The normalized spacial score (nSPS) is 16.5. The van der Waals surface area contributed by atoms with Gasteiger partial charge in [-0.1, -0.05) is 35.9 Å². The molecule has 27 heavy (non-hydrogen) atoms. The number of aromatic nitrogens is 2. The number of hydrogen-bond acceptors (Lipinski definition) is 3. The second-order valence-electron chi connectivity index (χ2n) is 6.57. The second kappa shape index (κ2) is 6.51. The number of pyridine rings is 1. The maximum Gasteiger partial charge on any atom is 0.266 e.